The Labute approximate surface area is 95.8 Å². The van der Waals surface area contributed by atoms with Crippen molar-refractivity contribution in [3.8, 4) is 0 Å². The number of rotatable bonds is 3. The SMILES string of the molecule is CCC(=O)OCC1CCc2ccccc2N1. The van der Waals surface area contributed by atoms with Gasteiger partial charge in [0.15, 0.2) is 0 Å². The van der Waals surface area contributed by atoms with Crippen LogP contribution in [-0.4, -0.2) is 18.6 Å². The second kappa shape index (κ2) is 5.01. The molecule has 0 radical (unpaired) electrons. The molecule has 1 aliphatic heterocycles. The van der Waals surface area contributed by atoms with Crippen molar-refractivity contribution in [1.29, 1.82) is 0 Å². The lowest BCUT2D eigenvalue weighted by atomic mass is 9.99. The molecule has 1 aromatic rings. The summed E-state index contributed by atoms with van der Waals surface area (Å²) in [5.74, 6) is -0.124. The molecule has 0 amide bonds. The predicted octanol–water partition coefficient (Wildman–Crippen LogP) is 2.37. The quantitative estimate of drug-likeness (QED) is 0.793. The van der Waals surface area contributed by atoms with Gasteiger partial charge in [0.1, 0.15) is 6.61 Å². The van der Waals surface area contributed by atoms with E-state index in [-0.39, 0.29) is 12.0 Å². The number of para-hydroxylation sites is 1. The number of benzene rings is 1. The summed E-state index contributed by atoms with van der Waals surface area (Å²) in [6.45, 7) is 2.28. The summed E-state index contributed by atoms with van der Waals surface area (Å²) in [6.07, 6.45) is 2.52. The maximum Gasteiger partial charge on any atom is 0.305 e. The fourth-order valence-corrected chi connectivity index (χ4v) is 1.92. The molecule has 0 aromatic heterocycles. The number of aryl methyl sites for hydroxylation is 1. The highest BCUT2D eigenvalue weighted by Gasteiger charge is 2.18. The van der Waals surface area contributed by atoms with Crippen molar-refractivity contribution in [2.24, 2.45) is 0 Å². The van der Waals surface area contributed by atoms with Crippen LogP contribution in [0.15, 0.2) is 24.3 Å². The van der Waals surface area contributed by atoms with E-state index in [0.717, 1.165) is 12.8 Å². The molecule has 86 valence electrons. The average Bonchev–Trinajstić information content (AvgIpc) is 2.35. The number of carbonyl (C=O) groups excluding carboxylic acids is 1. The van der Waals surface area contributed by atoms with Crippen molar-refractivity contribution < 1.29 is 9.53 Å². The maximum atomic E-state index is 11.1. The lowest BCUT2D eigenvalue weighted by molar-refractivity contribution is -0.143. The first-order valence-electron chi connectivity index (χ1n) is 5.79. The van der Waals surface area contributed by atoms with Crippen LogP contribution in [0.2, 0.25) is 0 Å². The summed E-state index contributed by atoms with van der Waals surface area (Å²) in [6, 6.07) is 8.54. The molecule has 0 saturated heterocycles. The third-order valence-electron chi connectivity index (χ3n) is 2.87. The smallest absolute Gasteiger partial charge is 0.305 e. The fraction of sp³-hybridized carbons (Fsp3) is 0.462. The van der Waals surface area contributed by atoms with E-state index in [1.165, 1.54) is 11.3 Å². The van der Waals surface area contributed by atoms with Crippen LogP contribution < -0.4 is 5.32 Å². The number of anilines is 1. The van der Waals surface area contributed by atoms with Gasteiger partial charge >= 0.3 is 5.97 Å². The van der Waals surface area contributed by atoms with E-state index in [2.05, 4.69) is 23.5 Å². The zero-order chi connectivity index (χ0) is 11.4. The first-order valence-corrected chi connectivity index (χ1v) is 5.79. The summed E-state index contributed by atoms with van der Waals surface area (Å²) in [5, 5.41) is 3.40. The predicted molar refractivity (Wildman–Crippen MR) is 63.4 cm³/mol. The highest BCUT2D eigenvalue weighted by atomic mass is 16.5. The van der Waals surface area contributed by atoms with Crippen LogP contribution in [0.3, 0.4) is 0 Å². The van der Waals surface area contributed by atoms with Crippen molar-refractivity contribution in [2.75, 3.05) is 11.9 Å². The minimum Gasteiger partial charge on any atom is -0.463 e. The monoisotopic (exact) mass is 219 g/mol. The second-order valence-electron chi connectivity index (χ2n) is 4.07. The van der Waals surface area contributed by atoms with Crippen molar-refractivity contribution in [3.63, 3.8) is 0 Å². The van der Waals surface area contributed by atoms with Crippen LogP contribution in [-0.2, 0) is 16.0 Å². The van der Waals surface area contributed by atoms with E-state index in [0.29, 0.717) is 13.0 Å². The molecule has 3 heteroatoms. The molecular weight excluding hydrogens is 202 g/mol. The van der Waals surface area contributed by atoms with Gasteiger partial charge in [0, 0.05) is 12.1 Å². The van der Waals surface area contributed by atoms with E-state index in [9.17, 15) is 4.79 Å². The van der Waals surface area contributed by atoms with E-state index in [1.807, 2.05) is 13.0 Å². The molecule has 3 nitrogen and oxygen atoms in total. The van der Waals surface area contributed by atoms with E-state index < -0.39 is 0 Å². The number of esters is 1. The summed E-state index contributed by atoms with van der Waals surface area (Å²) in [4.78, 5) is 11.1. The molecule has 1 unspecified atom stereocenters. The van der Waals surface area contributed by atoms with Crippen molar-refractivity contribution >= 4 is 11.7 Å². The zero-order valence-electron chi connectivity index (χ0n) is 9.53. The van der Waals surface area contributed by atoms with Gasteiger partial charge in [-0.1, -0.05) is 25.1 Å². The van der Waals surface area contributed by atoms with Gasteiger partial charge < -0.3 is 10.1 Å². The van der Waals surface area contributed by atoms with Crippen molar-refractivity contribution in [1.82, 2.24) is 0 Å². The van der Waals surface area contributed by atoms with Gasteiger partial charge in [-0.05, 0) is 24.5 Å². The van der Waals surface area contributed by atoms with Crippen LogP contribution >= 0.6 is 0 Å². The molecule has 0 saturated carbocycles. The van der Waals surface area contributed by atoms with E-state index in [4.69, 9.17) is 4.74 Å². The summed E-state index contributed by atoms with van der Waals surface area (Å²) >= 11 is 0. The van der Waals surface area contributed by atoms with Gasteiger partial charge in [-0.2, -0.15) is 0 Å². The molecule has 16 heavy (non-hydrogen) atoms. The molecule has 0 aliphatic carbocycles. The van der Waals surface area contributed by atoms with E-state index >= 15 is 0 Å². The molecule has 0 spiro atoms. The minimum absolute atomic E-state index is 0.124. The number of hydrogen-bond acceptors (Lipinski definition) is 3. The van der Waals surface area contributed by atoms with Crippen LogP contribution in [0.25, 0.3) is 0 Å². The third-order valence-corrected chi connectivity index (χ3v) is 2.87. The Kier molecular flexibility index (Phi) is 3.44. The van der Waals surface area contributed by atoms with Crippen molar-refractivity contribution in [2.45, 2.75) is 32.2 Å². The van der Waals surface area contributed by atoms with E-state index in [1.54, 1.807) is 0 Å². The Hall–Kier alpha value is -1.51. The number of carbonyl (C=O) groups is 1. The number of hydrogen-bond donors (Lipinski definition) is 1. The molecule has 1 aromatic carbocycles. The van der Waals surface area contributed by atoms with Crippen LogP contribution in [0, 0.1) is 0 Å². The lowest BCUT2D eigenvalue weighted by Gasteiger charge is -2.26. The van der Waals surface area contributed by atoms with Gasteiger partial charge in [0.2, 0.25) is 0 Å². The molecular formula is C13H17NO2. The highest BCUT2D eigenvalue weighted by molar-refractivity contribution is 5.69. The van der Waals surface area contributed by atoms with Gasteiger partial charge in [0.25, 0.3) is 0 Å². The Morgan fingerprint density at radius 2 is 2.31 bits per heavy atom. The Balaban J connectivity index is 1.90. The fourth-order valence-electron chi connectivity index (χ4n) is 1.92. The van der Waals surface area contributed by atoms with Crippen LogP contribution in [0.1, 0.15) is 25.3 Å². The molecule has 1 N–H and O–H groups in total. The minimum atomic E-state index is -0.124. The third kappa shape index (κ3) is 2.54. The first kappa shape index (κ1) is 11.0. The molecule has 1 heterocycles. The van der Waals surface area contributed by atoms with Crippen molar-refractivity contribution in [3.05, 3.63) is 29.8 Å². The standard InChI is InChI=1S/C13H17NO2/c1-2-13(15)16-9-11-8-7-10-5-3-4-6-12(10)14-11/h3-6,11,14H,2,7-9H2,1H3. The van der Waals surface area contributed by atoms with Gasteiger partial charge in [-0.15, -0.1) is 0 Å². The topological polar surface area (TPSA) is 38.3 Å². The summed E-state index contributed by atoms with van der Waals surface area (Å²) in [7, 11) is 0. The largest absolute Gasteiger partial charge is 0.463 e. The van der Waals surface area contributed by atoms with Gasteiger partial charge in [0.05, 0.1) is 6.04 Å². The van der Waals surface area contributed by atoms with Gasteiger partial charge in [-0.25, -0.2) is 0 Å². The second-order valence-corrected chi connectivity index (χ2v) is 4.07. The lowest BCUT2D eigenvalue weighted by Crippen LogP contribution is -2.31. The zero-order valence-corrected chi connectivity index (χ0v) is 9.53. The molecule has 1 aliphatic rings. The van der Waals surface area contributed by atoms with Gasteiger partial charge in [-0.3, -0.25) is 4.79 Å². The Morgan fingerprint density at radius 3 is 3.12 bits per heavy atom. The molecule has 2 rings (SSSR count). The molecule has 1 atom stereocenters. The summed E-state index contributed by atoms with van der Waals surface area (Å²) < 4.78 is 5.14. The number of fused-ring (bicyclic) bond motifs is 1. The first-order chi connectivity index (χ1) is 7.79. The maximum absolute atomic E-state index is 11.1. The number of nitrogens with one attached hydrogen (secondary N) is 1. The molecule has 0 bridgehead atoms. The average molecular weight is 219 g/mol. The van der Waals surface area contributed by atoms with Crippen LogP contribution in [0.4, 0.5) is 5.69 Å². The molecule has 0 fully saturated rings. The Bertz CT molecular complexity index is 376. The normalized spacial score (nSPS) is 18.4. The number of ether oxygens (including phenoxy) is 1. The summed E-state index contributed by atoms with van der Waals surface area (Å²) in [5.41, 5.74) is 2.52. The van der Waals surface area contributed by atoms with Crippen LogP contribution in [0.5, 0.6) is 0 Å². The highest BCUT2D eigenvalue weighted by Crippen LogP contribution is 2.24. The Morgan fingerprint density at radius 1 is 1.50 bits per heavy atom.